The first kappa shape index (κ1) is 21.0. The highest BCUT2D eigenvalue weighted by atomic mass is 32.1. The summed E-state index contributed by atoms with van der Waals surface area (Å²) in [7, 11) is 0. The van der Waals surface area contributed by atoms with Crippen molar-refractivity contribution >= 4 is 39.6 Å². The number of aromatic nitrogens is 1. The van der Waals surface area contributed by atoms with Crippen LogP contribution in [0.1, 0.15) is 23.0 Å². The van der Waals surface area contributed by atoms with Crippen molar-refractivity contribution in [3.8, 4) is 21.0 Å². The number of rotatable bonds is 7. The van der Waals surface area contributed by atoms with Crippen LogP contribution in [0.25, 0.3) is 21.0 Å². The third kappa shape index (κ3) is 5.07. The van der Waals surface area contributed by atoms with E-state index in [2.05, 4.69) is 10.3 Å². The van der Waals surface area contributed by atoms with E-state index in [-0.39, 0.29) is 18.9 Å². The van der Waals surface area contributed by atoms with Crippen LogP contribution in [0.15, 0.2) is 72.1 Å². The van der Waals surface area contributed by atoms with Gasteiger partial charge < -0.3 is 10.1 Å². The van der Waals surface area contributed by atoms with Crippen LogP contribution in [0.3, 0.4) is 0 Å². The molecule has 0 unspecified atom stereocenters. The molecule has 0 aliphatic carbocycles. The molecule has 0 saturated carbocycles. The second kappa shape index (κ2) is 9.68. The molecule has 2 aromatic carbocycles. The van der Waals surface area contributed by atoms with Gasteiger partial charge in [0.25, 0.3) is 0 Å². The number of amides is 1. The van der Waals surface area contributed by atoms with Gasteiger partial charge in [-0.3, -0.25) is 4.79 Å². The quantitative estimate of drug-likeness (QED) is 0.358. The van der Waals surface area contributed by atoms with Crippen LogP contribution in [0.2, 0.25) is 0 Å². The molecule has 0 aliphatic heterocycles. The van der Waals surface area contributed by atoms with E-state index in [9.17, 15) is 9.59 Å². The molecule has 7 heteroatoms. The molecule has 0 atom stereocenters. The van der Waals surface area contributed by atoms with Gasteiger partial charge in [-0.2, -0.15) is 0 Å². The molecule has 5 nitrogen and oxygen atoms in total. The summed E-state index contributed by atoms with van der Waals surface area (Å²) in [6.45, 7) is 2.02. The van der Waals surface area contributed by atoms with Crippen LogP contribution in [0.4, 0.5) is 5.00 Å². The van der Waals surface area contributed by atoms with Crippen LogP contribution < -0.4 is 5.32 Å². The molecule has 0 spiro atoms. The van der Waals surface area contributed by atoms with Crippen LogP contribution in [0, 0.1) is 0 Å². The molecule has 1 N–H and O–H groups in total. The Balaban J connectivity index is 1.52. The normalized spacial score (nSPS) is 10.6. The van der Waals surface area contributed by atoms with E-state index in [4.69, 9.17) is 4.74 Å². The minimum absolute atomic E-state index is 0.129. The molecule has 0 saturated heterocycles. The summed E-state index contributed by atoms with van der Waals surface area (Å²) in [5.41, 5.74) is 3.06. The number of anilines is 1. The zero-order valence-electron chi connectivity index (χ0n) is 16.8. The number of benzene rings is 2. The molecule has 0 aliphatic rings. The van der Waals surface area contributed by atoms with Crippen LogP contribution in [-0.4, -0.2) is 23.5 Å². The highest BCUT2D eigenvalue weighted by Crippen LogP contribution is 2.36. The van der Waals surface area contributed by atoms with Crippen molar-refractivity contribution in [1.29, 1.82) is 0 Å². The van der Waals surface area contributed by atoms with E-state index in [1.807, 2.05) is 66.0 Å². The van der Waals surface area contributed by atoms with Gasteiger partial charge in [0.2, 0.25) is 5.91 Å². The number of hydrogen-bond donors (Lipinski definition) is 1. The van der Waals surface area contributed by atoms with Gasteiger partial charge in [0, 0.05) is 15.8 Å². The number of nitrogens with one attached hydrogen (secondary N) is 1. The number of thiophene rings is 1. The molecule has 2 heterocycles. The van der Waals surface area contributed by atoms with E-state index in [1.54, 1.807) is 13.0 Å². The Morgan fingerprint density at radius 2 is 1.68 bits per heavy atom. The van der Waals surface area contributed by atoms with Crippen LogP contribution >= 0.6 is 22.7 Å². The van der Waals surface area contributed by atoms with Crippen molar-refractivity contribution in [2.45, 2.75) is 13.3 Å². The fraction of sp³-hybridized carbons (Fsp3) is 0.125. The molecule has 2 aromatic heterocycles. The Morgan fingerprint density at radius 1 is 1.00 bits per heavy atom. The number of carbonyl (C=O) groups is 2. The van der Waals surface area contributed by atoms with Gasteiger partial charge in [-0.25, -0.2) is 9.78 Å². The minimum Gasteiger partial charge on any atom is -0.462 e. The number of hydrogen-bond acceptors (Lipinski definition) is 6. The average molecular weight is 449 g/mol. The van der Waals surface area contributed by atoms with Crippen LogP contribution in [-0.2, 0) is 16.0 Å². The highest BCUT2D eigenvalue weighted by molar-refractivity contribution is 7.20. The van der Waals surface area contributed by atoms with Crippen LogP contribution in [0.5, 0.6) is 0 Å². The first-order valence-electron chi connectivity index (χ1n) is 9.80. The lowest BCUT2D eigenvalue weighted by Gasteiger charge is -2.05. The summed E-state index contributed by atoms with van der Waals surface area (Å²) < 4.78 is 5.18. The first-order valence-corrected chi connectivity index (χ1v) is 11.5. The SMILES string of the molecule is CCOC(=O)c1cc(-c2ccccc2)sc1NC(=O)Cc1csc(-c2ccccc2)n1. The highest BCUT2D eigenvalue weighted by Gasteiger charge is 2.20. The lowest BCUT2D eigenvalue weighted by atomic mass is 10.1. The predicted octanol–water partition coefficient (Wildman–Crippen LogP) is 5.90. The van der Waals surface area contributed by atoms with Gasteiger partial charge in [0.05, 0.1) is 24.3 Å². The zero-order chi connectivity index (χ0) is 21.6. The lowest BCUT2D eigenvalue weighted by Crippen LogP contribution is -2.16. The van der Waals surface area contributed by atoms with E-state index in [1.165, 1.54) is 22.7 Å². The zero-order valence-corrected chi connectivity index (χ0v) is 18.5. The molecule has 0 bridgehead atoms. The summed E-state index contributed by atoms with van der Waals surface area (Å²) in [4.78, 5) is 30.6. The summed E-state index contributed by atoms with van der Waals surface area (Å²) in [6.07, 6.45) is 0.129. The molecule has 4 rings (SSSR count). The Kier molecular flexibility index (Phi) is 6.54. The number of esters is 1. The fourth-order valence-corrected chi connectivity index (χ4v) is 4.92. The maximum Gasteiger partial charge on any atom is 0.341 e. The molecule has 0 radical (unpaired) electrons. The summed E-state index contributed by atoms with van der Waals surface area (Å²) in [6, 6.07) is 21.4. The van der Waals surface area contributed by atoms with E-state index < -0.39 is 5.97 Å². The second-order valence-corrected chi connectivity index (χ2v) is 8.59. The van der Waals surface area contributed by atoms with Gasteiger partial charge >= 0.3 is 5.97 Å². The molecule has 0 fully saturated rings. The summed E-state index contributed by atoms with van der Waals surface area (Å²) in [5, 5.41) is 6.13. The fourth-order valence-electron chi connectivity index (χ4n) is 3.03. The third-order valence-corrected chi connectivity index (χ3v) is 6.49. The standard InChI is InChI=1S/C24H20N2O3S2/c1-2-29-24(28)19-14-20(16-9-5-3-6-10-16)31-23(19)26-21(27)13-18-15-30-22(25-18)17-11-7-4-8-12-17/h3-12,14-15H,2,13H2,1H3,(H,26,27). The second-order valence-electron chi connectivity index (χ2n) is 6.67. The van der Waals surface area contributed by atoms with Gasteiger partial charge in [0.15, 0.2) is 0 Å². The molecular weight excluding hydrogens is 428 g/mol. The van der Waals surface area contributed by atoms with Crippen molar-refractivity contribution in [1.82, 2.24) is 4.98 Å². The van der Waals surface area contributed by atoms with Gasteiger partial charge in [-0.15, -0.1) is 22.7 Å². The number of carbonyl (C=O) groups excluding carboxylic acids is 2. The first-order chi connectivity index (χ1) is 15.1. The largest absolute Gasteiger partial charge is 0.462 e. The van der Waals surface area contributed by atoms with Gasteiger partial charge in [-0.05, 0) is 18.6 Å². The maximum absolute atomic E-state index is 12.7. The molecular formula is C24H20N2O3S2. The number of ether oxygens (including phenoxy) is 1. The Morgan fingerprint density at radius 3 is 2.35 bits per heavy atom. The molecule has 156 valence electrons. The lowest BCUT2D eigenvalue weighted by molar-refractivity contribution is -0.115. The predicted molar refractivity (Wildman–Crippen MR) is 126 cm³/mol. The van der Waals surface area contributed by atoms with E-state index in [0.717, 1.165) is 21.0 Å². The maximum atomic E-state index is 12.7. The number of nitrogens with zero attached hydrogens (tertiary/aromatic N) is 1. The smallest absolute Gasteiger partial charge is 0.341 e. The Bertz CT molecular complexity index is 1180. The minimum atomic E-state index is -0.448. The van der Waals surface area contributed by atoms with E-state index >= 15 is 0 Å². The molecule has 1 amide bonds. The summed E-state index contributed by atoms with van der Waals surface area (Å²) >= 11 is 2.86. The monoisotopic (exact) mass is 448 g/mol. The van der Waals surface area contributed by atoms with Crippen molar-refractivity contribution in [2.24, 2.45) is 0 Å². The van der Waals surface area contributed by atoms with Crippen molar-refractivity contribution in [3.05, 3.63) is 83.4 Å². The van der Waals surface area contributed by atoms with E-state index in [0.29, 0.717) is 16.3 Å². The average Bonchev–Trinajstić information content (AvgIpc) is 3.42. The Hall–Kier alpha value is -3.29. The van der Waals surface area contributed by atoms with Gasteiger partial charge in [-0.1, -0.05) is 60.7 Å². The van der Waals surface area contributed by atoms with Crippen molar-refractivity contribution in [2.75, 3.05) is 11.9 Å². The summed E-state index contributed by atoms with van der Waals surface area (Å²) in [5.74, 6) is -0.673. The molecule has 4 aromatic rings. The van der Waals surface area contributed by atoms with Crippen molar-refractivity contribution < 1.29 is 14.3 Å². The third-order valence-electron chi connectivity index (χ3n) is 4.45. The van der Waals surface area contributed by atoms with Gasteiger partial charge in [0.1, 0.15) is 10.0 Å². The Labute approximate surface area is 188 Å². The topological polar surface area (TPSA) is 68.3 Å². The molecule has 31 heavy (non-hydrogen) atoms. The van der Waals surface area contributed by atoms with Crippen molar-refractivity contribution in [3.63, 3.8) is 0 Å². The number of thiazole rings is 1.